The van der Waals surface area contributed by atoms with Crippen molar-refractivity contribution in [3.63, 3.8) is 0 Å². The number of hydrogen-bond donors (Lipinski definition) is 3. The van der Waals surface area contributed by atoms with Crippen LogP contribution < -0.4 is 20.1 Å². The van der Waals surface area contributed by atoms with E-state index >= 15 is 0 Å². The number of carbonyl (C=O) groups is 1. The average Bonchev–Trinajstić information content (AvgIpc) is 3.24. The number of aliphatic hydroxyl groups is 1. The molecule has 1 atom stereocenters. The van der Waals surface area contributed by atoms with Gasteiger partial charge in [0.25, 0.3) is 5.91 Å². The van der Waals surface area contributed by atoms with E-state index in [2.05, 4.69) is 26.6 Å². The number of aromatic nitrogens is 1. The summed E-state index contributed by atoms with van der Waals surface area (Å²) in [4.78, 5) is 19.0. The smallest absolute Gasteiger partial charge is 0.251 e. The summed E-state index contributed by atoms with van der Waals surface area (Å²) in [6.07, 6.45) is 5.39. The summed E-state index contributed by atoms with van der Waals surface area (Å²) < 4.78 is 11.1. The third-order valence-corrected chi connectivity index (χ3v) is 6.26. The zero-order chi connectivity index (χ0) is 21.2. The van der Waals surface area contributed by atoms with Crippen molar-refractivity contribution in [1.29, 1.82) is 0 Å². The molecule has 0 bridgehead atoms. The molecule has 1 unspecified atom stereocenters. The van der Waals surface area contributed by atoms with Crippen molar-refractivity contribution in [3.05, 3.63) is 47.2 Å². The molecule has 3 aliphatic rings. The summed E-state index contributed by atoms with van der Waals surface area (Å²) in [5.41, 5.74) is 2.96. The fourth-order valence-corrected chi connectivity index (χ4v) is 4.33. The van der Waals surface area contributed by atoms with Gasteiger partial charge in [-0.15, -0.1) is 0 Å². The molecule has 8 nitrogen and oxygen atoms in total. The van der Waals surface area contributed by atoms with Gasteiger partial charge < -0.3 is 25.2 Å². The molecule has 2 aliphatic heterocycles. The highest BCUT2D eigenvalue weighted by Gasteiger charge is 2.26. The Labute approximate surface area is 181 Å². The molecular weight excluding hydrogens is 396 g/mol. The highest BCUT2D eigenvalue weighted by molar-refractivity contribution is 5.94. The van der Waals surface area contributed by atoms with E-state index in [1.807, 2.05) is 6.07 Å². The first kappa shape index (κ1) is 20.1. The van der Waals surface area contributed by atoms with Gasteiger partial charge in [-0.1, -0.05) is 6.07 Å². The molecule has 31 heavy (non-hydrogen) atoms. The summed E-state index contributed by atoms with van der Waals surface area (Å²) in [7, 11) is 0. The van der Waals surface area contributed by atoms with Crippen molar-refractivity contribution in [1.82, 2.24) is 15.2 Å². The van der Waals surface area contributed by atoms with Crippen LogP contribution in [0.4, 0.5) is 5.82 Å². The van der Waals surface area contributed by atoms with Crippen molar-refractivity contribution >= 4 is 11.7 Å². The SMILES string of the molecule is O=C(NCC(O)CN1CCc2c(ccc3c2OCO3)C1)c1ccnc(NC2CCC2)c1. The van der Waals surface area contributed by atoms with Crippen LogP contribution in [0.5, 0.6) is 11.5 Å². The molecular formula is C23H28N4O4. The Kier molecular flexibility index (Phi) is 5.65. The van der Waals surface area contributed by atoms with Gasteiger partial charge in [-0.2, -0.15) is 0 Å². The number of aliphatic hydroxyl groups excluding tert-OH is 1. The molecule has 1 fully saturated rings. The van der Waals surface area contributed by atoms with Crippen LogP contribution >= 0.6 is 0 Å². The Hall–Kier alpha value is -2.84. The van der Waals surface area contributed by atoms with Crippen LogP contribution in [-0.2, 0) is 13.0 Å². The molecule has 5 rings (SSSR count). The van der Waals surface area contributed by atoms with E-state index in [0.717, 1.165) is 49.7 Å². The van der Waals surface area contributed by atoms with Crippen LogP contribution in [0.1, 0.15) is 40.7 Å². The summed E-state index contributed by atoms with van der Waals surface area (Å²) in [5.74, 6) is 2.21. The summed E-state index contributed by atoms with van der Waals surface area (Å²) in [6.45, 7) is 2.56. The van der Waals surface area contributed by atoms with E-state index in [9.17, 15) is 9.90 Å². The number of β-amino-alcohol motifs (C(OH)–C–C–N with tert-alkyl or cyclic N) is 1. The van der Waals surface area contributed by atoms with Crippen LogP contribution in [0.25, 0.3) is 0 Å². The van der Waals surface area contributed by atoms with E-state index < -0.39 is 6.10 Å². The van der Waals surface area contributed by atoms with Crippen LogP contribution in [0.15, 0.2) is 30.5 Å². The molecule has 0 radical (unpaired) electrons. The predicted octanol–water partition coefficient (Wildman–Crippen LogP) is 1.92. The second kappa shape index (κ2) is 8.72. The summed E-state index contributed by atoms with van der Waals surface area (Å²) in [6, 6.07) is 7.94. The Balaban J connectivity index is 1.11. The molecule has 3 N–H and O–H groups in total. The minimum Gasteiger partial charge on any atom is -0.454 e. The van der Waals surface area contributed by atoms with Crippen molar-refractivity contribution in [2.45, 2.75) is 44.4 Å². The molecule has 0 spiro atoms. The van der Waals surface area contributed by atoms with Crippen LogP contribution in [-0.4, -0.2) is 59.5 Å². The minimum absolute atomic E-state index is 0.199. The topological polar surface area (TPSA) is 96.0 Å². The second-order valence-corrected chi connectivity index (χ2v) is 8.49. The number of pyridine rings is 1. The van der Waals surface area contributed by atoms with Gasteiger partial charge in [0.2, 0.25) is 6.79 Å². The first-order valence-electron chi connectivity index (χ1n) is 11.0. The fourth-order valence-electron chi connectivity index (χ4n) is 4.33. The number of anilines is 1. The number of ether oxygens (including phenoxy) is 2. The maximum atomic E-state index is 12.5. The summed E-state index contributed by atoms with van der Waals surface area (Å²) >= 11 is 0. The largest absolute Gasteiger partial charge is 0.454 e. The molecule has 3 heterocycles. The maximum Gasteiger partial charge on any atom is 0.251 e. The highest BCUT2D eigenvalue weighted by atomic mass is 16.7. The zero-order valence-electron chi connectivity index (χ0n) is 17.5. The van der Waals surface area contributed by atoms with Gasteiger partial charge in [0, 0.05) is 49.5 Å². The van der Waals surface area contributed by atoms with Gasteiger partial charge in [-0.25, -0.2) is 4.98 Å². The highest BCUT2D eigenvalue weighted by Crippen LogP contribution is 2.39. The number of nitrogens with zero attached hydrogens (tertiary/aromatic N) is 2. The molecule has 1 amide bonds. The Bertz CT molecular complexity index is 963. The zero-order valence-corrected chi connectivity index (χ0v) is 17.5. The molecule has 164 valence electrons. The number of carbonyl (C=O) groups excluding carboxylic acids is 1. The Morgan fingerprint density at radius 1 is 1.29 bits per heavy atom. The number of amides is 1. The summed E-state index contributed by atoms with van der Waals surface area (Å²) in [5, 5.41) is 16.7. The lowest BCUT2D eigenvalue weighted by Gasteiger charge is -2.30. The van der Waals surface area contributed by atoms with Gasteiger partial charge in [0.05, 0.1) is 6.10 Å². The maximum absolute atomic E-state index is 12.5. The molecule has 1 aromatic heterocycles. The standard InChI is InChI=1S/C23H28N4O4/c28-18(11-25-23(29)15-6-8-24-21(10-15)26-17-2-1-3-17)13-27-9-7-19-16(12-27)4-5-20-22(19)31-14-30-20/h4-6,8,10,17-18,28H,1-3,7,9,11-14H2,(H,24,26)(H,25,29). The molecule has 1 saturated carbocycles. The monoisotopic (exact) mass is 424 g/mol. The Morgan fingerprint density at radius 2 is 2.19 bits per heavy atom. The van der Waals surface area contributed by atoms with Crippen LogP contribution in [0.3, 0.4) is 0 Å². The minimum atomic E-state index is -0.645. The van der Waals surface area contributed by atoms with E-state index in [1.165, 1.54) is 17.5 Å². The number of hydrogen-bond acceptors (Lipinski definition) is 7. The normalized spacial score (nSPS) is 18.7. The molecule has 0 saturated heterocycles. The van der Waals surface area contributed by atoms with Gasteiger partial charge >= 0.3 is 0 Å². The van der Waals surface area contributed by atoms with Crippen molar-refractivity contribution in [2.75, 3.05) is 31.7 Å². The molecule has 1 aliphatic carbocycles. The number of nitrogens with one attached hydrogen (secondary N) is 2. The average molecular weight is 425 g/mol. The van der Waals surface area contributed by atoms with Gasteiger partial charge in [0.1, 0.15) is 5.82 Å². The van der Waals surface area contributed by atoms with E-state index in [1.54, 1.807) is 18.3 Å². The lowest BCUT2D eigenvalue weighted by molar-refractivity contribution is 0.0840. The third kappa shape index (κ3) is 4.45. The Morgan fingerprint density at radius 3 is 3.03 bits per heavy atom. The predicted molar refractivity (Wildman–Crippen MR) is 115 cm³/mol. The lowest BCUT2D eigenvalue weighted by atomic mass is 9.93. The van der Waals surface area contributed by atoms with E-state index in [4.69, 9.17) is 9.47 Å². The van der Waals surface area contributed by atoms with E-state index in [-0.39, 0.29) is 19.2 Å². The molecule has 2 aromatic rings. The first-order chi connectivity index (χ1) is 15.2. The number of fused-ring (bicyclic) bond motifs is 3. The molecule has 8 heteroatoms. The molecule has 1 aromatic carbocycles. The third-order valence-electron chi connectivity index (χ3n) is 6.26. The quantitative estimate of drug-likeness (QED) is 0.625. The van der Waals surface area contributed by atoms with Crippen molar-refractivity contribution in [2.24, 2.45) is 0 Å². The van der Waals surface area contributed by atoms with Crippen molar-refractivity contribution in [3.8, 4) is 11.5 Å². The second-order valence-electron chi connectivity index (χ2n) is 8.49. The van der Waals surface area contributed by atoms with Crippen LogP contribution in [0.2, 0.25) is 0 Å². The van der Waals surface area contributed by atoms with Crippen molar-refractivity contribution < 1.29 is 19.4 Å². The number of rotatable bonds is 7. The van der Waals surface area contributed by atoms with Gasteiger partial charge in [-0.3, -0.25) is 9.69 Å². The lowest BCUT2D eigenvalue weighted by Crippen LogP contribution is -2.42. The van der Waals surface area contributed by atoms with Gasteiger partial charge in [0.15, 0.2) is 11.5 Å². The first-order valence-corrected chi connectivity index (χ1v) is 11.0. The fraction of sp³-hybridized carbons (Fsp3) is 0.478. The van der Waals surface area contributed by atoms with Gasteiger partial charge in [-0.05, 0) is 49.4 Å². The number of benzene rings is 1. The van der Waals surface area contributed by atoms with Crippen LogP contribution in [0, 0.1) is 0 Å². The van der Waals surface area contributed by atoms with E-state index in [0.29, 0.717) is 18.2 Å².